The molecule has 132 valence electrons. The van der Waals surface area contributed by atoms with E-state index in [9.17, 15) is 4.79 Å². The Morgan fingerprint density at radius 1 is 1.46 bits per heavy atom. The molecule has 5 heteroatoms. The van der Waals surface area contributed by atoms with E-state index in [4.69, 9.17) is 9.47 Å². The van der Waals surface area contributed by atoms with Crippen LogP contribution >= 0.6 is 0 Å². The van der Waals surface area contributed by atoms with Crippen LogP contribution in [-0.4, -0.2) is 47.7 Å². The predicted octanol–water partition coefficient (Wildman–Crippen LogP) is 2.65. The number of nitrogens with zero attached hydrogens (tertiary/aromatic N) is 2. The van der Waals surface area contributed by atoms with Crippen LogP contribution in [0.5, 0.6) is 0 Å². The number of likely N-dealkylation sites (tertiary alicyclic amines) is 1. The van der Waals surface area contributed by atoms with Crippen LogP contribution in [0, 0.1) is 11.8 Å². The van der Waals surface area contributed by atoms with E-state index in [0.29, 0.717) is 31.5 Å². The Balaban J connectivity index is 1.44. The topological polar surface area (TPSA) is 51.7 Å². The number of hydrogen-bond donors (Lipinski definition) is 0. The molecule has 24 heavy (non-hydrogen) atoms. The Kier molecular flexibility index (Phi) is 5.51. The third kappa shape index (κ3) is 3.95. The Hall–Kier alpha value is -1.46. The van der Waals surface area contributed by atoms with E-state index in [1.807, 2.05) is 23.1 Å². The Bertz CT molecular complexity index is 541. The van der Waals surface area contributed by atoms with Gasteiger partial charge in [-0.25, -0.2) is 0 Å². The largest absolute Gasteiger partial charge is 0.375 e. The van der Waals surface area contributed by atoms with E-state index in [1.54, 1.807) is 6.20 Å². The van der Waals surface area contributed by atoms with Crippen LogP contribution in [-0.2, 0) is 20.9 Å². The van der Waals surface area contributed by atoms with E-state index in [2.05, 4.69) is 18.8 Å². The van der Waals surface area contributed by atoms with Gasteiger partial charge in [-0.2, -0.15) is 0 Å². The van der Waals surface area contributed by atoms with Crippen LogP contribution in [0.2, 0.25) is 0 Å². The molecule has 0 unspecified atom stereocenters. The van der Waals surface area contributed by atoms with Crippen molar-refractivity contribution >= 4 is 5.91 Å². The summed E-state index contributed by atoms with van der Waals surface area (Å²) in [6, 6.07) is 5.85. The van der Waals surface area contributed by atoms with Crippen LogP contribution in [0.25, 0.3) is 0 Å². The van der Waals surface area contributed by atoms with Crippen molar-refractivity contribution in [3.63, 3.8) is 0 Å². The normalized spacial score (nSPS) is 22.1. The fourth-order valence-electron chi connectivity index (χ4n) is 3.51. The maximum atomic E-state index is 12.2. The molecule has 2 aliphatic heterocycles. The number of ether oxygens (including phenoxy) is 2. The number of carbonyl (C=O) groups is 1. The number of amides is 1. The number of carbonyl (C=O) groups excluding carboxylic acids is 1. The molecule has 1 aromatic heterocycles. The maximum absolute atomic E-state index is 12.2. The number of pyridine rings is 1. The summed E-state index contributed by atoms with van der Waals surface area (Å²) in [4.78, 5) is 18.4. The van der Waals surface area contributed by atoms with Gasteiger partial charge in [-0.05, 0) is 30.9 Å². The van der Waals surface area contributed by atoms with Gasteiger partial charge in [0.25, 0.3) is 0 Å². The highest BCUT2D eigenvalue weighted by atomic mass is 16.5. The van der Waals surface area contributed by atoms with Crippen molar-refractivity contribution < 1.29 is 14.3 Å². The van der Waals surface area contributed by atoms with Gasteiger partial charge in [0.2, 0.25) is 5.91 Å². The molecule has 2 fully saturated rings. The highest BCUT2D eigenvalue weighted by Crippen LogP contribution is 2.40. The molecule has 3 rings (SSSR count). The van der Waals surface area contributed by atoms with Crippen LogP contribution in [0.3, 0.4) is 0 Å². The van der Waals surface area contributed by atoms with Gasteiger partial charge >= 0.3 is 0 Å². The minimum Gasteiger partial charge on any atom is -0.375 e. The van der Waals surface area contributed by atoms with Crippen molar-refractivity contribution in [2.24, 2.45) is 11.8 Å². The summed E-state index contributed by atoms with van der Waals surface area (Å²) in [5.74, 6) is 1.20. The fourth-order valence-corrected chi connectivity index (χ4v) is 3.51. The van der Waals surface area contributed by atoms with Gasteiger partial charge in [0.05, 0.1) is 32.0 Å². The molecule has 1 amide bonds. The van der Waals surface area contributed by atoms with Crippen molar-refractivity contribution in [1.29, 1.82) is 0 Å². The Labute approximate surface area is 144 Å². The van der Waals surface area contributed by atoms with Crippen molar-refractivity contribution in [1.82, 2.24) is 9.88 Å². The van der Waals surface area contributed by atoms with Crippen LogP contribution < -0.4 is 0 Å². The molecular weight excluding hydrogens is 304 g/mol. The lowest BCUT2D eigenvalue weighted by Gasteiger charge is -2.50. The standard InChI is InChI=1S/C19H28N2O3/c1-15(2)6-7-18(22)21-13-19(14-21)16(8-10-24-19)11-23-12-17-5-3-4-9-20-17/h3-5,9,15-16H,6-8,10-14H2,1-2H3/t16-/m1/s1. The summed E-state index contributed by atoms with van der Waals surface area (Å²) in [5, 5.41) is 0. The number of hydrogen-bond acceptors (Lipinski definition) is 4. The monoisotopic (exact) mass is 332 g/mol. The van der Waals surface area contributed by atoms with Crippen LogP contribution in [0.15, 0.2) is 24.4 Å². The van der Waals surface area contributed by atoms with Gasteiger partial charge in [0, 0.05) is 25.1 Å². The second kappa shape index (κ2) is 7.62. The van der Waals surface area contributed by atoms with Gasteiger partial charge < -0.3 is 14.4 Å². The van der Waals surface area contributed by atoms with E-state index < -0.39 is 0 Å². The molecule has 0 aliphatic carbocycles. The molecule has 5 nitrogen and oxygen atoms in total. The van der Waals surface area contributed by atoms with Crippen LogP contribution in [0.1, 0.15) is 38.8 Å². The third-order valence-corrected chi connectivity index (χ3v) is 5.10. The van der Waals surface area contributed by atoms with Gasteiger partial charge in [-0.1, -0.05) is 19.9 Å². The first-order chi connectivity index (χ1) is 11.6. The summed E-state index contributed by atoms with van der Waals surface area (Å²) in [5.41, 5.74) is 0.780. The molecule has 0 bridgehead atoms. The lowest BCUT2D eigenvalue weighted by atomic mass is 9.81. The molecule has 0 radical (unpaired) electrons. The zero-order valence-corrected chi connectivity index (χ0v) is 14.7. The molecular formula is C19H28N2O3. The average molecular weight is 332 g/mol. The smallest absolute Gasteiger partial charge is 0.222 e. The summed E-state index contributed by atoms with van der Waals surface area (Å²) in [7, 11) is 0. The van der Waals surface area contributed by atoms with Gasteiger partial charge in [0.15, 0.2) is 0 Å². The third-order valence-electron chi connectivity index (χ3n) is 5.10. The lowest BCUT2D eigenvalue weighted by Crippen LogP contribution is -2.66. The first-order valence-corrected chi connectivity index (χ1v) is 8.98. The molecule has 0 aromatic carbocycles. The van der Waals surface area contributed by atoms with Crippen molar-refractivity contribution in [2.75, 3.05) is 26.3 Å². The van der Waals surface area contributed by atoms with E-state index in [-0.39, 0.29) is 11.5 Å². The second-order valence-corrected chi connectivity index (χ2v) is 7.42. The molecule has 0 N–H and O–H groups in total. The molecule has 3 heterocycles. The van der Waals surface area contributed by atoms with Crippen LogP contribution in [0.4, 0.5) is 0 Å². The van der Waals surface area contributed by atoms with E-state index in [0.717, 1.165) is 38.2 Å². The molecule has 0 saturated carbocycles. The van der Waals surface area contributed by atoms with E-state index in [1.165, 1.54) is 0 Å². The van der Waals surface area contributed by atoms with Crippen molar-refractivity contribution in [2.45, 2.75) is 45.3 Å². The molecule has 2 aliphatic rings. The first kappa shape index (κ1) is 17.4. The number of rotatable bonds is 7. The summed E-state index contributed by atoms with van der Waals surface area (Å²) in [6.07, 6.45) is 4.40. The van der Waals surface area contributed by atoms with Gasteiger partial charge in [0.1, 0.15) is 5.60 Å². The summed E-state index contributed by atoms with van der Waals surface area (Å²) in [6.45, 7) is 7.73. The fraction of sp³-hybridized carbons (Fsp3) is 0.684. The maximum Gasteiger partial charge on any atom is 0.222 e. The molecule has 1 atom stereocenters. The first-order valence-electron chi connectivity index (χ1n) is 8.98. The van der Waals surface area contributed by atoms with Crippen molar-refractivity contribution in [3.8, 4) is 0 Å². The number of aromatic nitrogens is 1. The highest BCUT2D eigenvalue weighted by molar-refractivity contribution is 5.77. The minimum atomic E-state index is -0.169. The molecule has 2 saturated heterocycles. The quantitative estimate of drug-likeness (QED) is 0.770. The van der Waals surface area contributed by atoms with Gasteiger partial charge in [-0.15, -0.1) is 0 Å². The molecule has 1 aromatic rings. The predicted molar refractivity (Wildman–Crippen MR) is 91.3 cm³/mol. The van der Waals surface area contributed by atoms with Crippen molar-refractivity contribution in [3.05, 3.63) is 30.1 Å². The SMILES string of the molecule is CC(C)CCC(=O)N1CC2(C1)OCC[C@@H]2COCc1ccccn1. The average Bonchev–Trinajstić information content (AvgIpc) is 2.96. The second-order valence-electron chi connectivity index (χ2n) is 7.42. The summed E-state index contributed by atoms with van der Waals surface area (Å²) >= 11 is 0. The molecule has 1 spiro atoms. The highest BCUT2D eigenvalue weighted by Gasteiger charge is 2.54. The zero-order chi connectivity index (χ0) is 17.0. The lowest BCUT2D eigenvalue weighted by molar-refractivity contribution is -0.169. The zero-order valence-electron chi connectivity index (χ0n) is 14.7. The van der Waals surface area contributed by atoms with Gasteiger partial charge in [-0.3, -0.25) is 9.78 Å². The Morgan fingerprint density at radius 3 is 3.00 bits per heavy atom. The Morgan fingerprint density at radius 2 is 2.29 bits per heavy atom. The van der Waals surface area contributed by atoms with E-state index >= 15 is 0 Å². The summed E-state index contributed by atoms with van der Waals surface area (Å²) < 4.78 is 11.9. The minimum absolute atomic E-state index is 0.169.